The van der Waals surface area contributed by atoms with Crippen molar-refractivity contribution in [3.05, 3.63) is 36.4 Å². The van der Waals surface area contributed by atoms with E-state index in [4.69, 9.17) is 15.2 Å². The van der Waals surface area contributed by atoms with Gasteiger partial charge in [-0.15, -0.1) is 19.0 Å². The molecule has 0 fully saturated rings. The number of methoxy groups -OCH3 is 1. The summed E-state index contributed by atoms with van der Waals surface area (Å²) in [5.41, 5.74) is 6.62. The third-order valence-corrected chi connectivity index (χ3v) is 3.35. The van der Waals surface area contributed by atoms with Gasteiger partial charge in [0.2, 0.25) is 0 Å². The fraction of sp³-hybridized carbons (Fsp3) is 0.438. The lowest BCUT2D eigenvalue weighted by atomic mass is 10.1. The molecule has 0 aliphatic carbocycles. The number of amides is 1. The van der Waals surface area contributed by atoms with E-state index in [1.165, 1.54) is 0 Å². The van der Waals surface area contributed by atoms with E-state index in [-0.39, 0.29) is 31.0 Å². The topological polar surface area (TPSA) is 64.8 Å². The molecule has 0 saturated carbocycles. The number of nitrogens with zero attached hydrogens (tertiary/aromatic N) is 1. The summed E-state index contributed by atoms with van der Waals surface area (Å²) in [4.78, 5) is 13.6. The first-order valence-corrected chi connectivity index (χ1v) is 6.89. The van der Waals surface area contributed by atoms with Crippen LogP contribution in [-0.4, -0.2) is 44.2 Å². The maximum absolute atomic E-state index is 12.0. The second-order valence-corrected chi connectivity index (χ2v) is 4.86. The Bertz CT molecular complexity index is 494. The Kier molecular flexibility index (Phi) is 9.29. The molecule has 5 nitrogen and oxygen atoms in total. The number of benzene rings is 1. The van der Waals surface area contributed by atoms with Crippen molar-refractivity contribution in [1.82, 2.24) is 4.90 Å². The van der Waals surface area contributed by atoms with Gasteiger partial charge in [-0.2, -0.15) is 0 Å². The van der Waals surface area contributed by atoms with Crippen LogP contribution in [0.15, 0.2) is 30.9 Å². The van der Waals surface area contributed by atoms with E-state index in [9.17, 15) is 4.79 Å². The molecule has 1 unspecified atom stereocenters. The predicted molar refractivity (Wildman–Crippen MR) is 90.9 cm³/mol. The smallest absolute Gasteiger partial charge is 0.260 e. The van der Waals surface area contributed by atoms with E-state index in [0.717, 1.165) is 12.0 Å². The van der Waals surface area contributed by atoms with Crippen molar-refractivity contribution in [2.75, 3.05) is 27.3 Å². The van der Waals surface area contributed by atoms with Gasteiger partial charge in [0.1, 0.15) is 0 Å². The van der Waals surface area contributed by atoms with Gasteiger partial charge in [0, 0.05) is 19.6 Å². The van der Waals surface area contributed by atoms with Gasteiger partial charge in [-0.05, 0) is 31.0 Å². The van der Waals surface area contributed by atoms with E-state index in [1.807, 2.05) is 25.1 Å². The highest BCUT2D eigenvalue weighted by molar-refractivity contribution is 5.85. The lowest BCUT2D eigenvalue weighted by Crippen LogP contribution is -2.42. The van der Waals surface area contributed by atoms with Gasteiger partial charge in [-0.25, -0.2) is 0 Å². The number of hydrogen-bond donors (Lipinski definition) is 1. The van der Waals surface area contributed by atoms with Crippen molar-refractivity contribution in [3.8, 4) is 11.5 Å². The minimum absolute atomic E-state index is 0. The van der Waals surface area contributed by atoms with E-state index in [0.29, 0.717) is 18.0 Å². The fourth-order valence-electron chi connectivity index (χ4n) is 1.77. The van der Waals surface area contributed by atoms with Gasteiger partial charge in [-0.3, -0.25) is 4.79 Å². The van der Waals surface area contributed by atoms with Crippen molar-refractivity contribution in [1.29, 1.82) is 0 Å². The maximum Gasteiger partial charge on any atom is 0.260 e. The third kappa shape index (κ3) is 5.58. The molecule has 2 N–H and O–H groups in total. The molecule has 0 aliphatic rings. The molecule has 1 aromatic rings. The van der Waals surface area contributed by atoms with Crippen LogP contribution in [0.25, 0.3) is 0 Å². The molecule has 0 aliphatic heterocycles. The molecule has 0 aromatic heterocycles. The number of nitrogens with two attached hydrogens (primary N) is 1. The monoisotopic (exact) mass is 328 g/mol. The molecule has 0 radical (unpaired) electrons. The Morgan fingerprint density at radius 3 is 2.68 bits per heavy atom. The summed E-state index contributed by atoms with van der Waals surface area (Å²) >= 11 is 0. The highest BCUT2D eigenvalue weighted by atomic mass is 35.5. The van der Waals surface area contributed by atoms with Crippen LogP contribution in [0.3, 0.4) is 0 Å². The van der Waals surface area contributed by atoms with Crippen LogP contribution in [0, 0.1) is 0 Å². The zero-order chi connectivity index (χ0) is 15.8. The van der Waals surface area contributed by atoms with Crippen molar-refractivity contribution < 1.29 is 14.3 Å². The summed E-state index contributed by atoms with van der Waals surface area (Å²) < 4.78 is 10.8. The summed E-state index contributed by atoms with van der Waals surface area (Å²) in [5.74, 6) is 1.04. The standard InChI is InChI=1S/C16H24N2O3.ClH/c1-5-6-13-7-8-14(15(9-13)20-4)21-11-16(19)18(3)12(2)10-17;/h5,7-9,12H,1,6,10-11,17H2,2-4H3;1H. The number of halogens is 1. The van der Waals surface area contributed by atoms with Crippen molar-refractivity contribution >= 4 is 18.3 Å². The van der Waals surface area contributed by atoms with Crippen LogP contribution < -0.4 is 15.2 Å². The Labute approximate surface area is 138 Å². The van der Waals surface area contributed by atoms with Gasteiger partial charge in [0.05, 0.1) is 7.11 Å². The lowest BCUT2D eigenvalue weighted by Gasteiger charge is -2.23. The molecule has 0 bridgehead atoms. The molecule has 1 amide bonds. The molecule has 6 heteroatoms. The average Bonchev–Trinajstić information content (AvgIpc) is 2.51. The zero-order valence-electron chi connectivity index (χ0n) is 13.4. The number of carbonyl (C=O) groups excluding carboxylic acids is 1. The number of allylic oxidation sites excluding steroid dienone is 1. The predicted octanol–water partition coefficient (Wildman–Crippen LogP) is 2.03. The first-order chi connectivity index (χ1) is 10.0. The zero-order valence-corrected chi connectivity index (χ0v) is 14.2. The van der Waals surface area contributed by atoms with Gasteiger partial charge >= 0.3 is 0 Å². The Morgan fingerprint density at radius 2 is 2.14 bits per heavy atom. The third-order valence-electron chi connectivity index (χ3n) is 3.35. The van der Waals surface area contributed by atoms with Crippen LogP contribution in [0.5, 0.6) is 11.5 Å². The maximum atomic E-state index is 12.0. The van der Waals surface area contributed by atoms with Crippen molar-refractivity contribution in [2.45, 2.75) is 19.4 Å². The Hall–Kier alpha value is -1.72. The molecular weight excluding hydrogens is 304 g/mol. The Morgan fingerprint density at radius 1 is 1.45 bits per heavy atom. The summed E-state index contributed by atoms with van der Waals surface area (Å²) in [5, 5.41) is 0. The first-order valence-electron chi connectivity index (χ1n) is 6.89. The van der Waals surface area contributed by atoms with Gasteiger partial charge < -0.3 is 20.1 Å². The summed E-state index contributed by atoms with van der Waals surface area (Å²) in [6.07, 6.45) is 2.58. The minimum atomic E-state index is -0.120. The molecule has 124 valence electrons. The number of carbonyl (C=O) groups is 1. The van der Waals surface area contributed by atoms with Crippen LogP contribution in [0.2, 0.25) is 0 Å². The highest BCUT2D eigenvalue weighted by Crippen LogP contribution is 2.28. The normalized spacial score (nSPS) is 11.1. The number of rotatable bonds is 8. The highest BCUT2D eigenvalue weighted by Gasteiger charge is 2.16. The van der Waals surface area contributed by atoms with Crippen molar-refractivity contribution in [2.24, 2.45) is 5.73 Å². The SMILES string of the molecule is C=CCc1ccc(OCC(=O)N(C)C(C)CN)c(OC)c1.Cl. The largest absolute Gasteiger partial charge is 0.493 e. The van der Waals surface area contributed by atoms with E-state index in [1.54, 1.807) is 25.1 Å². The molecule has 0 saturated heterocycles. The fourth-order valence-corrected chi connectivity index (χ4v) is 1.77. The molecule has 1 rings (SSSR count). The molecule has 1 aromatic carbocycles. The van der Waals surface area contributed by atoms with Crippen LogP contribution in [0.1, 0.15) is 12.5 Å². The molecule has 22 heavy (non-hydrogen) atoms. The van der Waals surface area contributed by atoms with Gasteiger partial charge in [-0.1, -0.05) is 12.1 Å². The van der Waals surface area contributed by atoms with Gasteiger partial charge in [0.25, 0.3) is 5.91 Å². The minimum Gasteiger partial charge on any atom is -0.493 e. The van der Waals surface area contributed by atoms with E-state index < -0.39 is 0 Å². The van der Waals surface area contributed by atoms with Crippen LogP contribution >= 0.6 is 12.4 Å². The van der Waals surface area contributed by atoms with E-state index in [2.05, 4.69) is 6.58 Å². The summed E-state index contributed by atoms with van der Waals surface area (Å²) in [6.45, 7) is 5.97. The first kappa shape index (κ1) is 20.3. The summed E-state index contributed by atoms with van der Waals surface area (Å²) in [7, 11) is 3.29. The quantitative estimate of drug-likeness (QED) is 0.742. The molecule has 1 atom stereocenters. The molecule has 0 heterocycles. The average molecular weight is 329 g/mol. The second kappa shape index (κ2) is 10.1. The number of hydrogen-bond acceptors (Lipinski definition) is 4. The molecule has 0 spiro atoms. The summed E-state index contributed by atoms with van der Waals surface area (Å²) in [6, 6.07) is 5.60. The van der Waals surface area contributed by atoms with Gasteiger partial charge in [0.15, 0.2) is 18.1 Å². The van der Waals surface area contributed by atoms with Crippen molar-refractivity contribution in [3.63, 3.8) is 0 Å². The van der Waals surface area contributed by atoms with Crippen LogP contribution in [0.4, 0.5) is 0 Å². The van der Waals surface area contributed by atoms with Crippen LogP contribution in [-0.2, 0) is 11.2 Å². The number of ether oxygens (including phenoxy) is 2. The second-order valence-electron chi connectivity index (χ2n) is 4.86. The lowest BCUT2D eigenvalue weighted by molar-refractivity contribution is -0.133. The Balaban J connectivity index is 0.00000441. The van der Waals surface area contributed by atoms with E-state index >= 15 is 0 Å². The molecular formula is C16H25ClN2O3. The number of likely N-dealkylation sites (N-methyl/N-ethyl adjacent to an activating group) is 1.